The molecule has 8 heteroatoms. The third-order valence-corrected chi connectivity index (χ3v) is 8.32. The molecule has 6 nitrogen and oxygen atoms in total. The fraction of sp³-hybridized carbons (Fsp3) is 0.226. The molecule has 0 aliphatic carbocycles. The predicted octanol–water partition coefficient (Wildman–Crippen LogP) is 7.20. The zero-order valence-corrected chi connectivity index (χ0v) is 23.2. The Morgan fingerprint density at radius 1 is 0.872 bits per heavy atom. The van der Waals surface area contributed by atoms with Gasteiger partial charge in [0.05, 0.1) is 16.0 Å². The molecule has 0 radical (unpaired) electrons. The number of carbonyl (C=O) groups is 1. The van der Waals surface area contributed by atoms with Crippen molar-refractivity contribution >= 4 is 40.6 Å². The fourth-order valence-electron chi connectivity index (χ4n) is 5.64. The Labute approximate surface area is 237 Å². The number of Topliss-reactive ketones (excluding diaryl/α,β-unsaturated/α-hetero) is 1. The van der Waals surface area contributed by atoms with Crippen LogP contribution in [0.15, 0.2) is 78.9 Å². The highest BCUT2D eigenvalue weighted by atomic mass is 35.5. The molecule has 0 saturated carbocycles. The molecule has 2 aromatic heterocycles. The van der Waals surface area contributed by atoms with Crippen LogP contribution in [0.3, 0.4) is 0 Å². The summed E-state index contributed by atoms with van der Waals surface area (Å²) in [5.74, 6) is 1.54. The predicted molar refractivity (Wildman–Crippen MR) is 157 cm³/mol. The Morgan fingerprint density at radius 2 is 1.54 bits per heavy atom. The van der Waals surface area contributed by atoms with Crippen molar-refractivity contribution in [3.8, 4) is 22.4 Å². The second kappa shape index (κ2) is 10.1. The van der Waals surface area contributed by atoms with Crippen LogP contribution < -0.4 is 4.90 Å². The zero-order chi connectivity index (χ0) is 27.1. The number of ketones is 1. The second-order valence-electron chi connectivity index (χ2n) is 10.0. The second-order valence-corrected chi connectivity index (χ2v) is 10.9. The van der Waals surface area contributed by atoms with Gasteiger partial charge in [-0.15, -0.1) is 0 Å². The van der Waals surface area contributed by atoms with Gasteiger partial charge in [-0.2, -0.15) is 14.6 Å². The third kappa shape index (κ3) is 4.48. The fourth-order valence-corrected chi connectivity index (χ4v) is 5.99. The molecule has 1 aliphatic rings. The molecular weight excluding hydrogens is 529 g/mol. The highest BCUT2D eigenvalue weighted by Gasteiger charge is 2.41. The molecule has 0 atom stereocenters. The van der Waals surface area contributed by atoms with Gasteiger partial charge in [0, 0.05) is 23.7 Å². The van der Waals surface area contributed by atoms with Crippen LogP contribution in [0.2, 0.25) is 10.0 Å². The molecule has 0 N–H and O–H groups in total. The summed E-state index contributed by atoms with van der Waals surface area (Å²) >= 11 is 12.9. The lowest BCUT2D eigenvalue weighted by molar-refractivity contribution is -0.123. The van der Waals surface area contributed by atoms with Crippen LogP contribution in [0.4, 0.5) is 5.95 Å². The van der Waals surface area contributed by atoms with Crippen molar-refractivity contribution < 1.29 is 4.79 Å². The number of anilines is 1. The summed E-state index contributed by atoms with van der Waals surface area (Å²) in [4.78, 5) is 24.9. The Bertz CT molecular complexity index is 1670. The monoisotopic (exact) mass is 555 g/mol. The van der Waals surface area contributed by atoms with E-state index in [9.17, 15) is 4.79 Å². The Morgan fingerprint density at radius 3 is 2.21 bits per heavy atom. The minimum Gasteiger partial charge on any atom is -0.341 e. The molecule has 3 aromatic carbocycles. The van der Waals surface area contributed by atoms with Crippen LogP contribution in [0.1, 0.15) is 31.2 Å². The summed E-state index contributed by atoms with van der Waals surface area (Å²) in [6, 6.07) is 25.5. The number of hydrogen-bond donors (Lipinski definition) is 0. The first kappa shape index (κ1) is 25.5. The van der Waals surface area contributed by atoms with Crippen LogP contribution in [-0.2, 0) is 10.2 Å². The topological polar surface area (TPSA) is 63.4 Å². The number of piperidine rings is 1. The normalized spacial score (nSPS) is 15.0. The van der Waals surface area contributed by atoms with Gasteiger partial charge in [-0.25, -0.2) is 4.98 Å². The van der Waals surface area contributed by atoms with E-state index in [1.165, 1.54) is 0 Å². The van der Waals surface area contributed by atoms with E-state index in [2.05, 4.69) is 17.0 Å². The largest absolute Gasteiger partial charge is 0.341 e. The van der Waals surface area contributed by atoms with Gasteiger partial charge >= 0.3 is 0 Å². The number of halogens is 2. The van der Waals surface area contributed by atoms with Crippen LogP contribution in [0, 0.1) is 6.92 Å². The van der Waals surface area contributed by atoms with Gasteiger partial charge in [0.15, 0.2) is 5.65 Å². The number of rotatable bonds is 5. The first-order chi connectivity index (χ1) is 18.9. The van der Waals surface area contributed by atoms with Crippen molar-refractivity contribution in [3.05, 3.63) is 100 Å². The maximum atomic E-state index is 13.0. The Balaban J connectivity index is 1.48. The maximum Gasteiger partial charge on any atom is 0.230 e. The van der Waals surface area contributed by atoms with E-state index >= 15 is 0 Å². The Kier molecular flexibility index (Phi) is 6.61. The van der Waals surface area contributed by atoms with Crippen molar-refractivity contribution in [2.75, 3.05) is 18.0 Å². The van der Waals surface area contributed by atoms with E-state index in [-0.39, 0.29) is 5.78 Å². The molecule has 1 fully saturated rings. The molecule has 0 spiro atoms. The highest BCUT2D eigenvalue weighted by Crippen LogP contribution is 2.41. The summed E-state index contributed by atoms with van der Waals surface area (Å²) < 4.78 is 1.82. The summed E-state index contributed by atoms with van der Waals surface area (Å²) in [7, 11) is 0. The van der Waals surface area contributed by atoms with Gasteiger partial charge in [0.2, 0.25) is 5.95 Å². The van der Waals surface area contributed by atoms with E-state index in [0.29, 0.717) is 53.4 Å². The molecule has 1 aliphatic heterocycles. The number of benzene rings is 3. The van der Waals surface area contributed by atoms with E-state index in [1.54, 1.807) is 6.92 Å². The number of carbonyl (C=O) groups excluding carboxylic acids is 1. The van der Waals surface area contributed by atoms with E-state index < -0.39 is 5.41 Å². The van der Waals surface area contributed by atoms with Gasteiger partial charge in [-0.05, 0) is 56.0 Å². The highest BCUT2D eigenvalue weighted by molar-refractivity contribution is 6.33. The standard InChI is InChI=1S/C31H27Cl2N5O/c1-20(39)31(23-8-4-3-5-9-23)16-18-37(19-17-31)30-35-21(2)34-29-27(22-12-14-24(32)15-13-22)28(36-38(29)30)25-10-6-7-11-26(25)33/h3-15H,16-19H2,1-2H3. The van der Waals surface area contributed by atoms with Crippen molar-refractivity contribution in [1.82, 2.24) is 19.6 Å². The number of hydrogen-bond acceptors (Lipinski definition) is 5. The molecule has 0 amide bonds. The average molecular weight is 556 g/mol. The smallest absolute Gasteiger partial charge is 0.230 e. The molecule has 5 aromatic rings. The van der Waals surface area contributed by atoms with Crippen molar-refractivity contribution in [2.24, 2.45) is 0 Å². The molecule has 196 valence electrons. The van der Waals surface area contributed by atoms with Gasteiger partial charge in [-0.3, -0.25) is 4.79 Å². The quantitative estimate of drug-likeness (QED) is 0.229. The molecular formula is C31H27Cl2N5O. The van der Waals surface area contributed by atoms with Crippen LogP contribution in [0.5, 0.6) is 0 Å². The summed E-state index contributed by atoms with van der Waals surface area (Å²) in [6.07, 6.45) is 1.39. The van der Waals surface area contributed by atoms with Gasteiger partial charge in [0.1, 0.15) is 17.3 Å². The van der Waals surface area contributed by atoms with E-state index in [0.717, 1.165) is 27.9 Å². The third-order valence-electron chi connectivity index (χ3n) is 7.74. The molecule has 6 rings (SSSR count). The first-order valence-corrected chi connectivity index (χ1v) is 13.7. The van der Waals surface area contributed by atoms with Crippen LogP contribution >= 0.6 is 23.2 Å². The number of aromatic nitrogens is 4. The van der Waals surface area contributed by atoms with Crippen LogP contribution in [0.25, 0.3) is 28.0 Å². The van der Waals surface area contributed by atoms with Crippen molar-refractivity contribution in [1.29, 1.82) is 0 Å². The minimum absolute atomic E-state index is 0.197. The molecule has 0 bridgehead atoms. The summed E-state index contributed by atoms with van der Waals surface area (Å²) in [5.41, 5.74) is 4.62. The molecule has 3 heterocycles. The Hall–Kier alpha value is -3.74. The van der Waals surface area contributed by atoms with Crippen molar-refractivity contribution in [3.63, 3.8) is 0 Å². The molecule has 0 unspecified atom stereocenters. The first-order valence-electron chi connectivity index (χ1n) is 13.0. The molecule has 39 heavy (non-hydrogen) atoms. The molecule has 1 saturated heterocycles. The lowest BCUT2D eigenvalue weighted by Crippen LogP contribution is -2.47. The summed E-state index contributed by atoms with van der Waals surface area (Å²) in [5, 5.41) is 6.31. The number of fused-ring (bicyclic) bond motifs is 1. The van der Waals surface area contributed by atoms with Crippen molar-refractivity contribution in [2.45, 2.75) is 32.1 Å². The lowest BCUT2D eigenvalue weighted by atomic mass is 9.70. The zero-order valence-electron chi connectivity index (χ0n) is 21.7. The SMILES string of the molecule is CC(=O)C1(c2ccccc2)CCN(c2nc(C)nc3c(-c4ccc(Cl)cc4)c(-c4ccccc4Cl)nn23)CC1. The van der Waals surface area contributed by atoms with Gasteiger partial charge in [0.25, 0.3) is 0 Å². The lowest BCUT2D eigenvalue weighted by Gasteiger charge is -2.41. The van der Waals surface area contributed by atoms with Gasteiger partial charge in [-0.1, -0.05) is 83.9 Å². The number of aryl methyl sites for hydroxylation is 1. The average Bonchev–Trinajstić information content (AvgIpc) is 3.32. The van der Waals surface area contributed by atoms with E-state index in [1.807, 2.05) is 78.2 Å². The minimum atomic E-state index is -0.500. The van der Waals surface area contributed by atoms with Gasteiger partial charge < -0.3 is 4.90 Å². The van der Waals surface area contributed by atoms with Crippen LogP contribution in [-0.4, -0.2) is 38.5 Å². The number of nitrogens with zero attached hydrogens (tertiary/aromatic N) is 5. The van der Waals surface area contributed by atoms with E-state index in [4.69, 9.17) is 38.3 Å². The maximum absolute atomic E-state index is 13.0. The summed E-state index contributed by atoms with van der Waals surface area (Å²) in [6.45, 7) is 4.93.